The normalized spacial score (nSPS) is 11.7. The van der Waals surface area contributed by atoms with Gasteiger partial charge < -0.3 is 29.2 Å². The molecule has 3 rings (SSSR count). The quantitative estimate of drug-likeness (QED) is 0.269. The van der Waals surface area contributed by atoms with Crippen LogP contribution in [0, 0.1) is 0 Å². The van der Waals surface area contributed by atoms with E-state index in [0.29, 0.717) is 18.0 Å². The summed E-state index contributed by atoms with van der Waals surface area (Å²) in [5.74, 6) is 0.0600. The van der Waals surface area contributed by atoms with Crippen molar-refractivity contribution in [1.82, 2.24) is 10.2 Å². The van der Waals surface area contributed by atoms with E-state index < -0.39 is 28.5 Å². The van der Waals surface area contributed by atoms with Gasteiger partial charge in [0.15, 0.2) is 11.5 Å². The summed E-state index contributed by atoms with van der Waals surface area (Å²) < 4.78 is 51.8. The van der Waals surface area contributed by atoms with Crippen LogP contribution in [0.1, 0.15) is 19.4 Å². The fourth-order valence-corrected chi connectivity index (χ4v) is 6.22. The highest BCUT2D eigenvalue weighted by atomic mass is 79.9. The van der Waals surface area contributed by atoms with Gasteiger partial charge in [-0.25, -0.2) is 8.42 Å². The molecule has 232 valence electrons. The van der Waals surface area contributed by atoms with E-state index in [1.807, 2.05) is 24.3 Å². The number of hydrogen-bond acceptors (Lipinski definition) is 8. The first-order valence-corrected chi connectivity index (χ1v) is 15.5. The number of ether oxygens (including phenoxy) is 4. The first-order valence-electron chi connectivity index (χ1n) is 13.3. The highest BCUT2D eigenvalue weighted by Crippen LogP contribution is 2.37. The number of carbonyl (C=O) groups excluding carboxylic acids is 2. The lowest BCUT2D eigenvalue weighted by molar-refractivity contribution is -0.139. The SMILES string of the molecule is CCNC(=O)[C@H](C)N(Cc1cccc(Br)c1)C(=O)CN(c1cc(OC)ccc1OC)S(=O)(=O)c1ccc(OC)c(OC)c1. The molecule has 0 radical (unpaired) electrons. The number of rotatable bonds is 14. The third-order valence-electron chi connectivity index (χ3n) is 6.64. The Hall–Kier alpha value is -3.97. The van der Waals surface area contributed by atoms with Crippen molar-refractivity contribution >= 4 is 43.5 Å². The summed E-state index contributed by atoms with van der Waals surface area (Å²) in [6, 6.07) is 15.2. The molecular formula is C30H36BrN3O8S. The lowest BCUT2D eigenvalue weighted by Gasteiger charge is -2.32. The third kappa shape index (κ3) is 7.90. The summed E-state index contributed by atoms with van der Waals surface area (Å²) in [6.45, 7) is 3.13. The molecular weight excluding hydrogens is 642 g/mol. The van der Waals surface area contributed by atoms with E-state index in [4.69, 9.17) is 18.9 Å². The van der Waals surface area contributed by atoms with Gasteiger partial charge in [0.05, 0.1) is 39.0 Å². The van der Waals surface area contributed by atoms with Gasteiger partial charge >= 0.3 is 0 Å². The van der Waals surface area contributed by atoms with Crippen LogP contribution in [-0.2, 0) is 26.2 Å². The van der Waals surface area contributed by atoms with Crippen LogP contribution in [0.5, 0.6) is 23.0 Å². The zero-order valence-corrected chi connectivity index (χ0v) is 27.3. The van der Waals surface area contributed by atoms with Gasteiger partial charge in [-0.05, 0) is 55.8 Å². The second-order valence-electron chi connectivity index (χ2n) is 9.29. The molecule has 0 spiro atoms. The van der Waals surface area contributed by atoms with Crippen molar-refractivity contribution in [2.24, 2.45) is 0 Å². The van der Waals surface area contributed by atoms with E-state index in [-0.39, 0.29) is 34.5 Å². The van der Waals surface area contributed by atoms with Gasteiger partial charge in [0.2, 0.25) is 11.8 Å². The third-order valence-corrected chi connectivity index (χ3v) is 8.89. The molecule has 11 nitrogen and oxygen atoms in total. The van der Waals surface area contributed by atoms with Crippen molar-refractivity contribution in [2.45, 2.75) is 31.3 Å². The standard InChI is InChI=1S/C30H36BrN3O8S/c1-7-32-30(36)20(2)33(18-21-9-8-10-22(31)15-21)29(35)19-34(25-16-23(39-3)11-13-26(25)40-4)43(37,38)24-12-14-27(41-5)28(17-24)42-6/h8-17,20H,7,18-19H2,1-6H3,(H,32,36)/t20-/m0/s1. The molecule has 3 aromatic carbocycles. The van der Waals surface area contributed by atoms with Gasteiger partial charge in [-0.2, -0.15) is 0 Å². The fraction of sp³-hybridized carbons (Fsp3) is 0.333. The summed E-state index contributed by atoms with van der Waals surface area (Å²) in [4.78, 5) is 28.2. The lowest BCUT2D eigenvalue weighted by atomic mass is 10.1. The Morgan fingerprint density at radius 1 is 0.884 bits per heavy atom. The number of carbonyl (C=O) groups is 2. The summed E-state index contributed by atoms with van der Waals surface area (Å²) >= 11 is 3.44. The lowest BCUT2D eigenvalue weighted by Crippen LogP contribution is -2.51. The van der Waals surface area contributed by atoms with Gasteiger partial charge in [-0.1, -0.05) is 28.1 Å². The summed E-state index contributed by atoms with van der Waals surface area (Å²) in [7, 11) is 1.24. The van der Waals surface area contributed by atoms with Crippen molar-refractivity contribution in [3.8, 4) is 23.0 Å². The molecule has 0 aliphatic rings. The number of amides is 2. The fourth-order valence-electron chi connectivity index (χ4n) is 4.35. The molecule has 13 heteroatoms. The Balaban J connectivity index is 2.17. The van der Waals surface area contributed by atoms with Crippen LogP contribution in [0.3, 0.4) is 0 Å². The second kappa shape index (κ2) is 15.0. The number of nitrogens with one attached hydrogen (secondary N) is 1. The maximum atomic E-state index is 14.3. The Kier molecular flexibility index (Phi) is 11.7. The summed E-state index contributed by atoms with van der Waals surface area (Å²) in [5.41, 5.74) is 0.810. The highest BCUT2D eigenvalue weighted by Gasteiger charge is 2.34. The topological polar surface area (TPSA) is 124 Å². The Labute approximate surface area is 260 Å². The van der Waals surface area contributed by atoms with Gasteiger partial charge in [0.1, 0.15) is 24.1 Å². The molecule has 0 saturated carbocycles. The minimum atomic E-state index is -4.43. The molecule has 43 heavy (non-hydrogen) atoms. The van der Waals surface area contributed by atoms with E-state index in [1.165, 1.54) is 57.6 Å². The molecule has 0 aliphatic heterocycles. The highest BCUT2D eigenvalue weighted by molar-refractivity contribution is 9.10. The number of nitrogens with zero attached hydrogens (tertiary/aromatic N) is 2. The zero-order chi connectivity index (χ0) is 31.7. The number of halogens is 1. The Morgan fingerprint density at radius 2 is 1.56 bits per heavy atom. The smallest absolute Gasteiger partial charge is 0.265 e. The van der Waals surface area contributed by atoms with Gasteiger partial charge in [-0.15, -0.1) is 0 Å². The van der Waals surface area contributed by atoms with Gasteiger partial charge in [0.25, 0.3) is 10.0 Å². The molecule has 0 fully saturated rings. The van der Waals surface area contributed by atoms with E-state index in [0.717, 1.165) is 14.3 Å². The van der Waals surface area contributed by atoms with Crippen LogP contribution < -0.4 is 28.6 Å². The molecule has 0 unspecified atom stereocenters. The molecule has 0 aromatic heterocycles. The first-order chi connectivity index (χ1) is 20.5. The van der Waals surface area contributed by atoms with E-state index in [9.17, 15) is 18.0 Å². The average molecular weight is 679 g/mol. The van der Waals surface area contributed by atoms with Crippen LogP contribution in [0.25, 0.3) is 0 Å². The second-order valence-corrected chi connectivity index (χ2v) is 12.1. The molecule has 3 aromatic rings. The molecule has 0 saturated heterocycles. The number of sulfonamides is 1. The molecule has 2 amide bonds. The number of hydrogen-bond donors (Lipinski definition) is 1. The average Bonchev–Trinajstić information content (AvgIpc) is 3.01. The number of methoxy groups -OCH3 is 4. The predicted molar refractivity (Wildman–Crippen MR) is 166 cm³/mol. The van der Waals surface area contributed by atoms with Crippen LogP contribution in [0.4, 0.5) is 5.69 Å². The Bertz CT molecular complexity index is 1550. The predicted octanol–water partition coefficient (Wildman–Crippen LogP) is 4.23. The summed E-state index contributed by atoms with van der Waals surface area (Å²) in [5, 5.41) is 2.74. The zero-order valence-electron chi connectivity index (χ0n) is 24.9. The van der Waals surface area contributed by atoms with Crippen molar-refractivity contribution in [1.29, 1.82) is 0 Å². The van der Waals surface area contributed by atoms with Crippen molar-refractivity contribution in [2.75, 3.05) is 45.8 Å². The molecule has 0 aliphatic carbocycles. The minimum absolute atomic E-state index is 0.0517. The van der Waals surface area contributed by atoms with Crippen LogP contribution in [-0.4, -0.2) is 72.7 Å². The van der Waals surface area contributed by atoms with E-state index >= 15 is 0 Å². The monoisotopic (exact) mass is 677 g/mol. The maximum Gasteiger partial charge on any atom is 0.265 e. The van der Waals surface area contributed by atoms with Crippen LogP contribution in [0.15, 0.2) is 70.0 Å². The van der Waals surface area contributed by atoms with Crippen LogP contribution in [0.2, 0.25) is 0 Å². The van der Waals surface area contributed by atoms with Crippen LogP contribution >= 0.6 is 15.9 Å². The number of likely N-dealkylation sites (N-methyl/N-ethyl adjacent to an activating group) is 1. The molecule has 0 heterocycles. The first kappa shape index (κ1) is 33.5. The molecule has 0 bridgehead atoms. The van der Waals surface area contributed by atoms with Gasteiger partial charge in [-0.3, -0.25) is 13.9 Å². The van der Waals surface area contributed by atoms with Crippen molar-refractivity contribution < 1.29 is 37.0 Å². The maximum absolute atomic E-state index is 14.3. The molecule has 1 atom stereocenters. The minimum Gasteiger partial charge on any atom is -0.497 e. The Morgan fingerprint density at radius 3 is 2.16 bits per heavy atom. The molecule has 1 N–H and O–H groups in total. The van der Waals surface area contributed by atoms with Crippen molar-refractivity contribution in [3.05, 3.63) is 70.7 Å². The number of anilines is 1. The number of benzene rings is 3. The summed E-state index contributed by atoms with van der Waals surface area (Å²) in [6.07, 6.45) is 0. The van der Waals surface area contributed by atoms with E-state index in [2.05, 4.69) is 21.2 Å². The van der Waals surface area contributed by atoms with Gasteiger partial charge in [0, 0.05) is 29.7 Å². The van der Waals surface area contributed by atoms with E-state index in [1.54, 1.807) is 26.0 Å². The van der Waals surface area contributed by atoms with Crippen molar-refractivity contribution in [3.63, 3.8) is 0 Å². The largest absolute Gasteiger partial charge is 0.497 e.